The van der Waals surface area contributed by atoms with Crippen molar-refractivity contribution in [2.45, 2.75) is 19.8 Å². The third-order valence-electron chi connectivity index (χ3n) is 4.58. The van der Waals surface area contributed by atoms with E-state index in [1.54, 1.807) is 13.1 Å². The maximum absolute atomic E-state index is 14.0. The summed E-state index contributed by atoms with van der Waals surface area (Å²) in [4.78, 5) is 27.8. The van der Waals surface area contributed by atoms with Gasteiger partial charge >= 0.3 is 0 Å². The van der Waals surface area contributed by atoms with Crippen LogP contribution in [0.1, 0.15) is 19.8 Å². The SMILES string of the molecule is CNc1cc(Nc2cc(F)cc3c2OCCO3)nc2c(NC(=O)CCC(C)=O)cnn12. The maximum Gasteiger partial charge on any atom is 0.224 e. The van der Waals surface area contributed by atoms with E-state index in [1.165, 1.54) is 29.8 Å². The fraction of sp³-hybridized carbons (Fsp3) is 0.300. The van der Waals surface area contributed by atoms with Gasteiger partial charge in [0.1, 0.15) is 42.1 Å². The Hall–Kier alpha value is -3.89. The average molecular weight is 428 g/mol. The molecule has 3 N–H and O–H groups in total. The lowest BCUT2D eigenvalue weighted by Gasteiger charge is -2.21. The van der Waals surface area contributed by atoms with Crippen LogP contribution in [-0.4, -0.2) is 46.5 Å². The Kier molecular flexibility index (Phi) is 5.56. The molecule has 4 rings (SSSR count). The molecule has 31 heavy (non-hydrogen) atoms. The van der Waals surface area contributed by atoms with Crippen molar-refractivity contribution in [3.8, 4) is 11.5 Å². The number of carbonyl (C=O) groups is 2. The van der Waals surface area contributed by atoms with E-state index in [2.05, 4.69) is 26.0 Å². The zero-order valence-corrected chi connectivity index (χ0v) is 17.0. The molecular formula is C20H21FN6O4. The third kappa shape index (κ3) is 4.34. The molecule has 0 fully saturated rings. The molecule has 1 aliphatic heterocycles. The van der Waals surface area contributed by atoms with Crippen molar-refractivity contribution in [3.63, 3.8) is 0 Å². The highest BCUT2D eigenvalue weighted by molar-refractivity contribution is 5.96. The lowest BCUT2D eigenvalue weighted by molar-refractivity contribution is -0.121. The van der Waals surface area contributed by atoms with Crippen LogP contribution in [-0.2, 0) is 9.59 Å². The number of Topliss-reactive ketones (excluding diaryl/α,β-unsaturated/α-hetero) is 1. The average Bonchev–Trinajstić information content (AvgIpc) is 3.14. The number of hydrogen-bond acceptors (Lipinski definition) is 8. The number of amides is 1. The fourth-order valence-electron chi connectivity index (χ4n) is 3.15. The van der Waals surface area contributed by atoms with Gasteiger partial charge in [-0.15, -0.1) is 0 Å². The standard InChI is InChI=1S/C20H21FN6O4/c1-11(28)3-4-18(29)25-14-10-23-27-17(22-2)9-16(26-20(14)27)24-13-7-12(21)8-15-19(13)31-6-5-30-15/h7-10,22H,3-6H2,1-2H3,(H,24,26)(H,25,29). The minimum absolute atomic E-state index is 0.0657. The molecule has 1 amide bonds. The molecule has 0 unspecified atom stereocenters. The zero-order valence-electron chi connectivity index (χ0n) is 17.0. The second-order valence-corrected chi connectivity index (χ2v) is 6.92. The van der Waals surface area contributed by atoms with Crippen LogP contribution in [0.5, 0.6) is 11.5 Å². The Morgan fingerprint density at radius 2 is 1.97 bits per heavy atom. The smallest absolute Gasteiger partial charge is 0.224 e. The molecule has 1 aromatic carbocycles. The van der Waals surface area contributed by atoms with Gasteiger partial charge in [-0.25, -0.2) is 9.37 Å². The Balaban J connectivity index is 1.67. The van der Waals surface area contributed by atoms with Crippen LogP contribution in [0.4, 0.5) is 27.4 Å². The number of aromatic nitrogens is 3. The van der Waals surface area contributed by atoms with Crippen molar-refractivity contribution in [1.82, 2.24) is 14.6 Å². The predicted molar refractivity (Wildman–Crippen MR) is 112 cm³/mol. The number of ether oxygens (including phenoxy) is 2. The molecule has 1 aliphatic rings. The molecule has 3 heterocycles. The highest BCUT2D eigenvalue weighted by Crippen LogP contribution is 2.40. The molecule has 0 aliphatic carbocycles. The Morgan fingerprint density at radius 3 is 2.74 bits per heavy atom. The minimum Gasteiger partial charge on any atom is -0.486 e. The monoisotopic (exact) mass is 428 g/mol. The summed E-state index contributed by atoms with van der Waals surface area (Å²) in [5.41, 5.74) is 1.11. The molecule has 2 aromatic heterocycles. The van der Waals surface area contributed by atoms with Gasteiger partial charge in [0.15, 0.2) is 17.1 Å². The van der Waals surface area contributed by atoms with E-state index >= 15 is 0 Å². The van der Waals surface area contributed by atoms with Gasteiger partial charge in [-0.05, 0) is 6.92 Å². The molecule has 0 radical (unpaired) electrons. The van der Waals surface area contributed by atoms with Crippen LogP contribution in [0.25, 0.3) is 5.65 Å². The van der Waals surface area contributed by atoms with Gasteiger partial charge in [-0.1, -0.05) is 0 Å². The minimum atomic E-state index is -0.482. The van der Waals surface area contributed by atoms with Crippen molar-refractivity contribution >= 4 is 40.3 Å². The third-order valence-corrected chi connectivity index (χ3v) is 4.58. The van der Waals surface area contributed by atoms with Crippen molar-refractivity contribution in [2.75, 3.05) is 36.2 Å². The van der Waals surface area contributed by atoms with Gasteiger partial charge in [0, 0.05) is 38.1 Å². The van der Waals surface area contributed by atoms with E-state index in [0.29, 0.717) is 53.4 Å². The first kappa shape index (κ1) is 20.4. The molecule has 11 heteroatoms. The molecule has 10 nitrogen and oxygen atoms in total. The van der Waals surface area contributed by atoms with E-state index in [4.69, 9.17) is 9.47 Å². The summed E-state index contributed by atoms with van der Waals surface area (Å²) in [5, 5.41) is 13.0. The molecule has 3 aromatic rings. The molecule has 0 spiro atoms. The van der Waals surface area contributed by atoms with E-state index in [-0.39, 0.29) is 24.5 Å². The number of nitrogens with one attached hydrogen (secondary N) is 3. The largest absolute Gasteiger partial charge is 0.486 e. The van der Waals surface area contributed by atoms with Crippen LogP contribution in [0, 0.1) is 5.82 Å². The molecule has 162 valence electrons. The van der Waals surface area contributed by atoms with Crippen molar-refractivity contribution in [1.29, 1.82) is 0 Å². The van der Waals surface area contributed by atoms with E-state index in [0.717, 1.165) is 0 Å². The number of carbonyl (C=O) groups excluding carboxylic acids is 2. The normalized spacial score (nSPS) is 12.5. The van der Waals surface area contributed by atoms with Crippen molar-refractivity contribution in [3.05, 3.63) is 30.2 Å². The van der Waals surface area contributed by atoms with Crippen molar-refractivity contribution < 1.29 is 23.5 Å². The number of rotatable bonds is 7. The molecule has 0 atom stereocenters. The number of nitrogens with zero attached hydrogens (tertiary/aromatic N) is 3. The lowest BCUT2D eigenvalue weighted by Crippen LogP contribution is -2.17. The van der Waals surface area contributed by atoms with E-state index in [9.17, 15) is 14.0 Å². The summed E-state index contributed by atoms with van der Waals surface area (Å²) in [6.07, 6.45) is 1.69. The number of halogens is 1. The first-order valence-electron chi connectivity index (χ1n) is 9.66. The fourth-order valence-corrected chi connectivity index (χ4v) is 3.15. The number of ketones is 1. The molecule has 0 bridgehead atoms. The summed E-state index contributed by atoms with van der Waals surface area (Å²) >= 11 is 0. The van der Waals surface area contributed by atoms with Gasteiger partial charge in [-0.2, -0.15) is 9.61 Å². The molecule has 0 saturated carbocycles. The summed E-state index contributed by atoms with van der Waals surface area (Å²) in [5.74, 6) is 0.794. The first-order valence-corrected chi connectivity index (χ1v) is 9.66. The van der Waals surface area contributed by atoms with Gasteiger partial charge in [0.25, 0.3) is 0 Å². The first-order chi connectivity index (χ1) is 14.9. The number of fused-ring (bicyclic) bond motifs is 2. The topological polar surface area (TPSA) is 119 Å². The van der Waals surface area contributed by atoms with E-state index < -0.39 is 5.82 Å². The second kappa shape index (κ2) is 8.46. The second-order valence-electron chi connectivity index (χ2n) is 6.92. The summed E-state index contributed by atoms with van der Waals surface area (Å²) < 4.78 is 26.7. The Morgan fingerprint density at radius 1 is 1.16 bits per heavy atom. The highest BCUT2D eigenvalue weighted by atomic mass is 19.1. The molecule has 0 saturated heterocycles. The molecular weight excluding hydrogens is 407 g/mol. The predicted octanol–water partition coefficient (Wildman–Crippen LogP) is 2.73. The van der Waals surface area contributed by atoms with Gasteiger partial charge < -0.3 is 30.2 Å². The summed E-state index contributed by atoms with van der Waals surface area (Å²) in [7, 11) is 1.71. The van der Waals surface area contributed by atoms with Crippen molar-refractivity contribution in [2.24, 2.45) is 0 Å². The van der Waals surface area contributed by atoms with E-state index in [1.807, 2.05) is 0 Å². The summed E-state index contributed by atoms with van der Waals surface area (Å²) in [6, 6.07) is 4.24. The maximum atomic E-state index is 14.0. The quantitative estimate of drug-likeness (QED) is 0.526. The Bertz CT molecular complexity index is 1160. The number of hydrogen-bond donors (Lipinski definition) is 3. The summed E-state index contributed by atoms with van der Waals surface area (Å²) in [6.45, 7) is 2.12. The highest BCUT2D eigenvalue weighted by Gasteiger charge is 2.20. The Labute approximate surface area is 176 Å². The number of anilines is 4. The number of benzene rings is 1. The lowest BCUT2D eigenvalue weighted by atomic mass is 10.2. The van der Waals surface area contributed by atoms with Crippen LogP contribution in [0.15, 0.2) is 24.4 Å². The van der Waals surface area contributed by atoms with Gasteiger partial charge in [0.05, 0.1) is 11.9 Å². The van der Waals surface area contributed by atoms with Gasteiger partial charge in [-0.3, -0.25) is 4.79 Å². The van der Waals surface area contributed by atoms with Gasteiger partial charge in [0.2, 0.25) is 5.91 Å². The van der Waals surface area contributed by atoms with Crippen LogP contribution in [0.2, 0.25) is 0 Å². The van der Waals surface area contributed by atoms with Crippen LogP contribution >= 0.6 is 0 Å². The van der Waals surface area contributed by atoms with Crippen LogP contribution in [0.3, 0.4) is 0 Å². The van der Waals surface area contributed by atoms with Crippen LogP contribution < -0.4 is 25.4 Å². The zero-order chi connectivity index (χ0) is 22.0.